The summed E-state index contributed by atoms with van der Waals surface area (Å²) in [5.41, 5.74) is 0. The van der Waals surface area contributed by atoms with E-state index in [4.69, 9.17) is 0 Å². The first-order chi connectivity index (χ1) is 9.60. The quantitative estimate of drug-likeness (QED) is 0.879. The van der Waals surface area contributed by atoms with Crippen LogP contribution in [-0.4, -0.2) is 64.6 Å². The molecule has 112 valence electrons. The maximum absolute atomic E-state index is 12.3. The minimum Gasteiger partial charge on any atom is -0.339 e. The molecular weight excluding hydrogens is 254 g/mol. The van der Waals surface area contributed by atoms with E-state index in [0.29, 0.717) is 11.7 Å². The molecule has 0 aromatic carbocycles. The monoisotopic (exact) mass is 279 g/mol. The number of aryl methyl sites for hydroxylation is 1. The van der Waals surface area contributed by atoms with Gasteiger partial charge in [0.05, 0.1) is 0 Å². The number of piperidine rings is 1. The molecule has 1 N–H and O–H groups in total. The van der Waals surface area contributed by atoms with Crippen molar-refractivity contribution in [2.75, 3.05) is 33.7 Å². The van der Waals surface area contributed by atoms with Gasteiger partial charge < -0.3 is 9.80 Å². The normalized spacial score (nSPS) is 17.4. The van der Waals surface area contributed by atoms with E-state index in [-0.39, 0.29) is 5.91 Å². The topological polar surface area (TPSA) is 65.1 Å². The summed E-state index contributed by atoms with van der Waals surface area (Å²) in [5, 5.41) is 6.86. The highest BCUT2D eigenvalue weighted by molar-refractivity contribution is 5.90. The molecule has 0 atom stereocenters. The zero-order chi connectivity index (χ0) is 14.5. The number of likely N-dealkylation sites (tertiary alicyclic amines) is 1. The van der Waals surface area contributed by atoms with Gasteiger partial charge in [0.25, 0.3) is 5.91 Å². The predicted octanol–water partition coefficient (Wildman–Crippen LogP) is 1.17. The minimum absolute atomic E-state index is 0.0810. The molecule has 1 aromatic rings. The third kappa shape index (κ3) is 3.79. The molecule has 1 aliphatic rings. The average Bonchev–Trinajstić information content (AvgIpc) is 2.89. The summed E-state index contributed by atoms with van der Waals surface area (Å²) in [7, 11) is 3.99. The van der Waals surface area contributed by atoms with Crippen molar-refractivity contribution < 1.29 is 4.79 Å². The predicted molar refractivity (Wildman–Crippen MR) is 77.6 cm³/mol. The van der Waals surface area contributed by atoms with Crippen molar-refractivity contribution in [3.8, 4) is 0 Å². The van der Waals surface area contributed by atoms with E-state index >= 15 is 0 Å². The molecule has 1 amide bonds. The van der Waals surface area contributed by atoms with Crippen LogP contribution in [0.4, 0.5) is 0 Å². The van der Waals surface area contributed by atoms with E-state index in [2.05, 4.69) is 34.1 Å². The molecule has 0 bridgehead atoms. The molecule has 2 rings (SSSR count). The molecule has 0 unspecified atom stereocenters. The lowest BCUT2D eigenvalue weighted by Crippen LogP contribution is -2.38. The number of hydrogen-bond donors (Lipinski definition) is 1. The van der Waals surface area contributed by atoms with Crippen molar-refractivity contribution in [1.82, 2.24) is 25.0 Å². The van der Waals surface area contributed by atoms with Crippen LogP contribution in [0.2, 0.25) is 0 Å². The molecule has 1 aliphatic heterocycles. The van der Waals surface area contributed by atoms with Gasteiger partial charge in [-0.25, -0.2) is 4.98 Å². The number of H-pyrrole nitrogens is 1. The van der Waals surface area contributed by atoms with Crippen LogP contribution >= 0.6 is 0 Å². The number of carbonyl (C=O) groups is 1. The second-order valence-electron chi connectivity index (χ2n) is 5.79. The van der Waals surface area contributed by atoms with Crippen LogP contribution < -0.4 is 0 Å². The lowest BCUT2D eigenvalue weighted by molar-refractivity contribution is 0.0735. The number of nitrogens with zero attached hydrogens (tertiary/aromatic N) is 4. The van der Waals surface area contributed by atoms with Gasteiger partial charge in [-0.2, -0.15) is 0 Å². The molecule has 0 saturated carbocycles. The Labute approximate surface area is 120 Å². The Balaban J connectivity index is 1.87. The van der Waals surface area contributed by atoms with Gasteiger partial charge in [-0.1, -0.05) is 6.92 Å². The van der Waals surface area contributed by atoms with Crippen LogP contribution in [0.3, 0.4) is 0 Å². The lowest BCUT2D eigenvalue weighted by Gasteiger charge is -2.31. The van der Waals surface area contributed by atoms with Crippen molar-refractivity contribution in [1.29, 1.82) is 0 Å². The van der Waals surface area contributed by atoms with Gasteiger partial charge >= 0.3 is 0 Å². The second kappa shape index (κ2) is 6.83. The van der Waals surface area contributed by atoms with Gasteiger partial charge in [-0.3, -0.25) is 9.89 Å². The molecule has 1 saturated heterocycles. The van der Waals surface area contributed by atoms with E-state index in [1.165, 1.54) is 0 Å². The van der Waals surface area contributed by atoms with Crippen LogP contribution in [0.25, 0.3) is 0 Å². The van der Waals surface area contributed by atoms with Crippen LogP contribution in [0.1, 0.15) is 42.6 Å². The van der Waals surface area contributed by atoms with Crippen molar-refractivity contribution >= 4 is 5.91 Å². The van der Waals surface area contributed by atoms with Gasteiger partial charge in [0.15, 0.2) is 0 Å². The Kier molecular flexibility index (Phi) is 5.11. The summed E-state index contributed by atoms with van der Waals surface area (Å²) < 4.78 is 0. The highest BCUT2D eigenvalue weighted by Gasteiger charge is 2.22. The van der Waals surface area contributed by atoms with Crippen LogP contribution in [0, 0.1) is 5.92 Å². The maximum atomic E-state index is 12.3. The highest BCUT2D eigenvalue weighted by Crippen LogP contribution is 2.17. The van der Waals surface area contributed by atoms with E-state index in [9.17, 15) is 4.79 Å². The molecule has 1 fully saturated rings. The molecule has 0 spiro atoms. The molecule has 2 heterocycles. The Hall–Kier alpha value is -1.43. The summed E-state index contributed by atoms with van der Waals surface area (Å²) in [6, 6.07) is 0. The summed E-state index contributed by atoms with van der Waals surface area (Å²) in [6.07, 6.45) is 4.14. The molecule has 0 radical (unpaired) electrons. The third-order valence-electron chi connectivity index (χ3n) is 3.93. The number of rotatable bonds is 5. The number of carbonyl (C=O) groups excluding carboxylic acids is 1. The van der Waals surface area contributed by atoms with E-state index < -0.39 is 0 Å². The van der Waals surface area contributed by atoms with Gasteiger partial charge in [0.1, 0.15) is 5.82 Å². The first-order valence-electron chi connectivity index (χ1n) is 7.45. The number of hydrogen-bond acceptors (Lipinski definition) is 4. The smallest absolute Gasteiger partial charge is 0.293 e. The van der Waals surface area contributed by atoms with E-state index in [0.717, 1.165) is 51.1 Å². The summed E-state index contributed by atoms with van der Waals surface area (Å²) in [5.74, 6) is 1.60. The van der Waals surface area contributed by atoms with Crippen molar-refractivity contribution in [2.45, 2.75) is 32.6 Å². The second-order valence-corrected chi connectivity index (χ2v) is 5.79. The van der Waals surface area contributed by atoms with Crippen LogP contribution in [0.15, 0.2) is 0 Å². The zero-order valence-corrected chi connectivity index (χ0v) is 12.7. The number of aromatic amines is 1. The fourth-order valence-corrected chi connectivity index (χ4v) is 2.63. The average molecular weight is 279 g/mol. The van der Waals surface area contributed by atoms with Gasteiger partial charge in [0.2, 0.25) is 5.82 Å². The van der Waals surface area contributed by atoms with Crippen LogP contribution in [-0.2, 0) is 6.42 Å². The SMILES string of the molecule is CCCc1nc(C(=O)N(C)CC2CCN(C)CC2)n[nH]1. The lowest BCUT2D eigenvalue weighted by atomic mass is 9.97. The molecule has 0 aliphatic carbocycles. The number of amides is 1. The molecular formula is C14H25N5O. The van der Waals surface area contributed by atoms with Crippen molar-refractivity contribution in [3.63, 3.8) is 0 Å². The summed E-state index contributed by atoms with van der Waals surface area (Å²) in [6.45, 7) is 5.11. The van der Waals surface area contributed by atoms with Crippen LogP contribution in [0.5, 0.6) is 0 Å². The van der Waals surface area contributed by atoms with E-state index in [1.807, 2.05) is 7.05 Å². The highest BCUT2D eigenvalue weighted by atomic mass is 16.2. The van der Waals surface area contributed by atoms with Gasteiger partial charge in [-0.05, 0) is 45.3 Å². The molecule has 6 heteroatoms. The molecule has 20 heavy (non-hydrogen) atoms. The Morgan fingerprint density at radius 1 is 1.45 bits per heavy atom. The number of aromatic nitrogens is 3. The molecule has 1 aromatic heterocycles. The van der Waals surface area contributed by atoms with Crippen molar-refractivity contribution in [2.24, 2.45) is 5.92 Å². The first kappa shape index (κ1) is 15.0. The van der Waals surface area contributed by atoms with Gasteiger partial charge in [0, 0.05) is 20.0 Å². The summed E-state index contributed by atoms with van der Waals surface area (Å²) >= 11 is 0. The Morgan fingerprint density at radius 2 is 2.15 bits per heavy atom. The standard InChI is InChI=1S/C14H25N5O/c1-4-5-12-15-13(17-16-12)14(20)19(3)10-11-6-8-18(2)9-7-11/h11H,4-10H2,1-3H3,(H,15,16,17). The molecule has 6 nitrogen and oxygen atoms in total. The van der Waals surface area contributed by atoms with E-state index in [1.54, 1.807) is 4.90 Å². The maximum Gasteiger partial charge on any atom is 0.293 e. The first-order valence-corrected chi connectivity index (χ1v) is 7.45. The largest absolute Gasteiger partial charge is 0.339 e. The Bertz CT molecular complexity index is 437. The van der Waals surface area contributed by atoms with Gasteiger partial charge in [-0.15, -0.1) is 5.10 Å². The van der Waals surface area contributed by atoms with Crippen molar-refractivity contribution in [3.05, 3.63) is 11.6 Å². The fraction of sp³-hybridized carbons (Fsp3) is 0.786. The minimum atomic E-state index is -0.0810. The third-order valence-corrected chi connectivity index (χ3v) is 3.93. The fourth-order valence-electron chi connectivity index (χ4n) is 2.63. The summed E-state index contributed by atoms with van der Waals surface area (Å²) in [4.78, 5) is 20.6. The number of nitrogens with one attached hydrogen (secondary N) is 1. The Morgan fingerprint density at radius 3 is 2.80 bits per heavy atom. The zero-order valence-electron chi connectivity index (χ0n) is 12.7.